The van der Waals surface area contributed by atoms with E-state index in [1.165, 1.54) is 75.5 Å². The molecular formula is C25H19F4N3O4. The molecule has 186 valence electrons. The van der Waals surface area contributed by atoms with Crippen molar-refractivity contribution in [1.29, 1.82) is 0 Å². The van der Waals surface area contributed by atoms with Gasteiger partial charge >= 0.3 is 6.09 Å². The van der Waals surface area contributed by atoms with E-state index in [1.54, 1.807) is 0 Å². The Bertz CT molecular complexity index is 1470. The number of ether oxygens (including phenoxy) is 1. The highest BCUT2D eigenvalue weighted by Crippen LogP contribution is 2.38. The van der Waals surface area contributed by atoms with Crippen molar-refractivity contribution in [2.24, 2.45) is 0 Å². The lowest BCUT2D eigenvalue weighted by Crippen LogP contribution is -2.42. The molecule has 0 unspecified atom stereocenters. The molecule has 0 aliphatic heterocycles. The van der Waals surface area contributed by atoms with Crippen molar-refractivity contribution in [1.82, 2.24) is 9.61 Å². The van der Waals surface area contributed by atoms with E-state index in [-0.39, 0.29) is 16.0 Å². The number of imide groups is 1. The maximum absolute atomic E-state index is 15.4. The lowest BCUT2D eigenvalue weighted by molar-refractivity contribution is 0.0561. The molecule has 2 aromatic heterocycles. The fraction of sp³-hybridized carbons (Fsp3) is 0.160. The van der Waals surface area contributed by atoms with E-state index < -0.39 is 63.6 Å². The zero-order valence-corrected chi connectivity index (χ0v) is 19.2. The van der Waals surface area contributed by atoms with Crippen molar-refractivity contribution in [2.75, 3.05) is 4.90 Å². The number of carbonyl (C=O) groups excluding carboxylic acids is 2. The second-order valence-corrected chi connectivity index (χ2v) is 8.70. The van der Waals surface area contributed by atoms with Crippen LogP contribution < -0.4 is 4.90 Å². The third-order valence-corrected chi connectivity index (χ3v) is 5.04. The summed E-state index contributed by atoms with van der Waals surface area (Å²) in [4.78, 5) is 26.3. The Hall–Kier alpha value is -4.41. The first-order valence-electron chi connectivity index (χ1n) is 10.6. The van der Waals surface area contributed by atoms with Crippen LogP contribution in [0, 0.1) is 23.3 Å². The Morgan fingerprint density at radius 2 is 1.50 bits per heavy atom. The van der Waals surface area contributed by atoms with Gasteiger partial charge in [-0.3, -0.25) is 4.79 Å². The molecule has 0 aliphatic rings. The van der Waals surface area contributed by atoms with Gasteiger partial charge in [-0.15, -0.1) is 5.10 Å². The van der Waals surface area contributed by atoms with Gasteiger partial charge in [0.15, 0.2) is 23.3 Å². The average molecular weight is 501 g/mol. The summed E-state index contributed by atoms with van der Waals surface area (Å²) in [6, 6.07) is 11.1. The van der Waals surface area contributed by atoms with E-state index in [4.69, 9.17) is 4.74 Å². The molecule has 36 heavy (non-hydrogen) atoms. The summed E-state index contributed by atoms with van der Waals surface area (Å²) in [6.45, 7) is 4.23. The molecule has 1 N–H and O–H groups in total. The van der Waals surface area contributed by atoms with Crippen LogP contribution >= 0.6 is 0 Å². The van der Waals surface area contributed by atoms with Crippen molar-refractivity contribution in [2.45, 2.75) is 26.4 Å². The van der Waals surface area contributed by atoms with Crippen LogP contribution in [0.25, 0.3) is 16.6 Å². The van der Waals surface area contributed by atoms with E-state index in [9.17, 15) is 14.7 Å². The van der Waals surface area contributed by atoms with Crippen LogP contribution in [-0.2, 0) is 4.74 Å². The molecule has 11 heteroatoms. The number of hydrogen-bond acceptors (Lipinski definition) is 5. The molecule has 0 radical (unpaired) electrons. The number of amides is 2. The summed E-state index contributed by atoms with van der Waals surface area (Å²) in [7, 11) is 0. The molecule has 0 saturated carbocycles. The number of aromatic hydroxyl groups is 1. The van der Waals surface area contributed by atoms with E-state index in [0.717, 1.165) is 4.52 Å². The molecule has 0 bridgehead atoms. The zero-order chi connectivity index (χ0) is 26.4. The maximum Gasteiger partial charge on any atom is 0.422 e. The van der Waals surface area contributed by atoms with Crippen LogP contribution in [0.1, 0.15) is 31.1 Å². The number of aromatic nitrogens is 2. The molecule has 2 amide bonds. The summed E-state index contributed by atoms with van der Waals surface area (Å²) in [5.74, 6) is -10.1. The van der Waals surface area contributed by atoms with Crippen LogP contribution in [0.3, 0.4) is 0 Å². The first-order valence-corrected chi connectivity index (χ1v) is 10.6. The third kappa shape index (κ3) is 4.23. The predicted octanol–water partition coefficient (Wildman–Crippen LogP) is 5.85. The van der Waals surface area contributed by atoms with Gasteiger partial charge in [0.25, 0.3) is 5.91 Å². The largest absolute Gasteiger partial charge is 0.492 e. The van der Waals surface area contributed by atoms with E-state index >= 15 is 17.6 Å². The highest BCUT2D eigenvalue weighted by Gasteiger charge is 2.40. The Kier molecular flexibility index (Phi) is 6.17. The fourth-order valence-electron chi connectivity index (χ4n) is 3.56. The van der Waals surface area contributed by atoms with Gasteiger partial charge in [0.05, 0.1) is 11.1 Å². The number of fused-ring (bicyclic) bond motifs is 1. The number of anilines is 1. The predicted molar refractivity (Wildman–Crippen MR) is 122 cm³/mol. The average Bonchev–Trinajstić information content (AvgIpc) is 3.15. The zero-order valence-electron chi connectivity index (χ0n) is 19.2. The van der Waals surface area contributed by atoms with Gasteiger partial charge in [-0.1, -0.05) is 36.4 Å². The highest BCUT2D eigenvalue weighted by atomic mass is 19.2. The molecule has 0 atom stereocenters. The van der Waals surface area contributed by atoms with Crippen LogP contribution in [0.2, 0.25) is 0 Å². The lowest BCUT2D eigenvalue weighted by atomic mass is 10.0. The summed E-state index contributed by atoms with van der Waals surface area (Å²) < 4.78 is 67.2. The van der Waals surface area contributed by atoms with Crippen molar-refractivity contribution >= 4 is 23.2 Å². The SMILES string of the molecule is CC(C)(C)OC(=O)N(C(=O)c1c(O)nn2ccccc12)c1c(F)c(F)c(-c2ccccc2)c(F)c1F. The number of benzene rings is 2. The first kappa shape index (κ1) is 24.7. The van der Waals surface area contributed by atoms with Crippen LogP contribution in [0.5, 0.6) is 5.88 Å². The second-order valence-electron chi connectivity index (χ2n) is 8.70. The minimum absolute atomic E-state index is 0.0452. The number of rotatable bonds is 3. The van der Waals surface area contributed by atoms with Crippen molar-refractivity contribution < 1.29 is 37.0 Å². The normalized spacial score (nSPS) is 11.5. The summed E-state index contributed by atoms with van der Waals surface area (Å²) in [5.41, 5.74) is -4.80. The smallest absolute Gasteiger partial charge is 0.422 e. The van der Waals surface area contributed by atoms with Gasteiger partial charge in [0.1, 0.15) is 16.9 Å². The molecule has 4 rings (SSSR count). The maximum atomic E-state index is 15.4. The minimum Gasteiger partial charge on any atom is -0.492 e. The quantitative estimate of drug-likeness (QED) is 0.282. The molecular weight excluding hydrogens is 482 g/mol. The van der Waals surface area contributed by atoms with E-state index in [0.29, 0.717) is 0 Å². The van der Waals surface area contributed by atoms with Gasteiger partial charge in [0.2, 0.25) is 5.88 Å². The summed E-state index contributed by atoms with van der Waals surface area (Å²) in [5, 5.41) is 14.0. The molecule has 0 aliphatic carbocycles. The molecule has 2 aromatic carbocycles. The third-order valence-electron chi connectivity index (χ3n) is 5.04. The molecule has 0 fully saturated rings. The summed E-state index contributed by atoms with van der Waals surface area (Å²) >= 11 is 0. The number of halogens is 4. The summed E-state index contributed by atoms with van der Waals surface area (Å²) in [6.07, 6.45) is -0.273. The Balaban J connectivity index is 1.98. The minimum atomic E-state index is -2.01. The number of pyridine rings is 1. The van der Waals surface area contributed by atoms with E-state index in [2.05, 4.69) is 5.10 Å². The van der Waals surface area contributed by atoms with Crippen molar-refractivity contribution in [3.05, 3.63) is 83.6 Å². The Morgan fingerprint density at radius 1 is 0.917 bits per heavy atom. The Morgan fingerprint density at radius 3 is 2.08 bits per heavy atom. The van der Waals surface area contributed by atoms with Crippen LogP contribution in [-0.4, -0.2) is 32.3 Å². The standard InChI is InChI=1S/C25H19F4N3O4/c1-25(2,3)36-24(35)32(23(34)16-14-11-7-8-12-31(14)30-22(16)33)21-19(28)17(26)15(18(27)20(21)29)13-9-5-4-6-10-13/h4-12H,1-3H3,(H,30,33). The second kappa shape index (κ2) is 8.99. The van der Waals surface area contributed by atoms with E-state index in [1.807, 2.05) is 0 Å². The van der Waals surface area contributed by atoms with Crippen molar-refractivity contribution in [3.8, 4) is 17.0 Å². The molecule has 0 spiro atoms. The number of hydrogen-bond donors (Lipinski definition) is 1. The highest BCUT2D eigenvalue weighted by molar-refractivity contribution is 6.22. The molecule has 0 saturated heterocycles. The van der Waals surface area contributed by atoms with Gasteiger partial charge in [-0.2, -0.15) is 0 Å². The first-order chi connectivity index (χ1) is 16.9. The van der Waals surface area contributed by atoms with Gasteiger partial charge in [-0.25, -0.2) is 31.8 Å². The molecule has 2 heterocycles. The van der Waals surface area contributed by atoms with Crippen molar-refractivity contribution in [3.63, 3.8) is 0 Å². The van der Waals surface area contributed by atoms with Gasteiger partial charge in [-0.05, 0) is 38.5 Å². The fourth-order valence-corrected chi connectivity index (χ4v) is 3.56. The van der Waals surface area contributed by atoms with Gasteiger partial charge < -0.3 is 9.84 Å². The van der Waals surface area contributed by atoms with Crippen LogP contribution in [0.4, 0.5) is 28.0 Å². The van der Waals surface area contributed by atoms with Crippen LogP contribution in [0.15, 0.2) is 54.7 Å². The number of nitrogens with zero attached hydrogens (tertiary/aromatic N) is 3. The van der Waals surface area contributed by atoms with Gasteiger partial charge in [0, 0.05) is 6.20 Å². The molecule has 4 aromatic rings. The lowest BCUT2D eigenvalue weighted by Gasteiger charge is -2.27. The number of carbonyl (C=O) groups is 2. The molecule has 7 nitrogen and oxygen atoms in total. The monoisotopic (exact) mass is 501 g/mol. The Labute approximate surface area is 202 Å². The topological polar surface area (TPSA) is 84.1 Å².